The molecule has 2 aromatic carbocycles. The van der Waals surface area contributed by atoms with Crippen LogP contribution in [0.4, 0.5) is 5.69 Å². The molecule has 0 unspecified atom stereocenters. The molecular formula is C13H6ClNO3. The fourth-order valence-corrected chi connectivity index (χ4v) is 2.41. The predicted molar refractivity (Wildman–Crippen MR) is 67.0 cm³/mol. The van der Waals surface area contributed by atoms with Crippen LogP contribution in [0.25, 0.3) is 11.1 Å². The Bertz CT molecular complexity index is 709. The monoisotopic (exact) mass is 259 g/mol. The third-order valence-corrected chi connectivity index (χ3v) is 3.29. The molecule has 0 saturated heterocycles. The summed E-state index contributed by atoms with van der Waals surface area (Å²) in [6.45, 7) is 0. The van der Waals surface area contributed by atoms with E-state index in [0.29, 0.717) is 16.7 Å². The van der Waals surface area contributed by atoms with Gasteiger partial charge in [0.1, 0.15) is 5.02 Å². The van der Waals surface area contributed by atoms with Gasteiger partial charge in [0.15, 0.2) is 5.78 Å². The fourth-order valence-electron chi connectivity index (χ4n) is 2.17. The first-order valence-electron chi connectivity index (χ1n) is 5.21. The lowest BCUT2D eigenvalue weighted by atomic mass is 10.1. The standard InChI is InChI=1S/C13H6ClNO3/c14-11-5-9-7-3-1-2-4-8(7)13(16)10(9)6-12(11)15(17)18/h1-6H. The predicted octanol–water partition coefficient (Wildman–Crippen LogP) is 3.46. The number of nitrogens with zero attached hydrogens (tertiary/aromatic N) is 1. The lowest BCUT2D eigenvalue weighted by Crippen LogP contribution is -1.97. The molecule has 0 radical (unpaired) electrons. The van der Waals surface area contributed by atoms with Gasteiger partial charge in [0, 0.05) is 17.2 Å². The van der Waals surface area contributed by atoms with Crippen molar-refractivity contribution in [2.45, 2.75) is 0 Å². The Hall–Kier alpha value is -2.20. The van der Waals surface area contributed by atoms with E-state index in [1.165, 1.54) is 12.1 Å². The van der Waals surface area contributed by atoms with E-state index in [2.05, 4.69) is 0 Å². The number of fused-ring (bicyclic) bond motifs is 3. The van der Waals surface area contributed by atoms with Gasteiger partial charge >= 0.3 is 0 Å². The summed E-state index contributed by atoms with van der Waals surface area (Å²) in [6, 6.07) is 9.83. The Kier molecular flexibility index (Phi) is 2.21. The van der Waals surface area contributed by atoms with Crippen molar-refractivity contribution in [2.75, 3.05) is 0 Å². The van der Waals surface area contributed by atoms with E-state index in [4.69, 9.17) is 11.6 Å². The van der Waals surface area contributed by atoms with Gasteiger partial charge in [0.2, 0.25) is 0 Å². The van der Waals surface area contributed by atoms with E-state index in [-0.39, 0.29) is 16.5 Å². The number of benzene rings is 2. The van der Waals surface area contributed by atoms with Gasteiger partial charge in [-0.25, -0.2) is 0 Å². The molecule has 5 heteroatoms. The molecule has 1 aliphatic rings. The first-order valence-corrected chi connectivity index (χ1v) is 5.59. The molecule has 2 aromatic rings. The zero-order valence-corrected chi connectivity index (χ0v) is 9.77. The van der Waals surface area contributed by atoms with Gasteiger partial charge in [-0.05, 0) is 17.2 Å². The van der Waals surface area contributed by atoms with Crippen LogP contribution in [0.15, 0.2) is 36.4 Å². The number of nitro benzene ring substituents is 1. The first-order chi connectivity index (χ1) is 8.59. The van der Waals surface area contributed by atoms with Gasteiger partial charge in [-0.2, -0.15) is 0 Å². The van der Waals surface area contributed by atoms with E-state index < -0.39 is 4.92 Å². The zero-order chi connectivity index (χ0) is 12.9. The van der Waals surface area contributed by atoms with Crippen molar-refractivity contribution in [1.29, 1.82) is 0 Å². The molecule has 88 valence electrons. The van der Waals surface area contributed by atoms with Crippen LogP contribution in [-0.4, -0.2) is 10.7 Å². The van der Waals surface area contributed by atoms with E-state index >= 15 is 0 Å². The molecule has 18 heavy (non-hydrogen) atoms. The number of rotatable bonds is 1. The second-order valence-corrected chi connectivity index (χ2v) is 4.39. The molecule has 0 aromatic heterocycles. The molecule has 3 rings (SSSR count). The van der Waals surface area contributed by atoms with Gasteiger partial charge in [0.25, 0.3) is 5.69 Å². The molecule has 0 amide bonds. The molecule has 1 aliphatic carbocycles. The first kappa shape index (κ1) is 10.9. The molecule has 0 saturated carbocycles. The van der Waals surface area contributed by atoms with Crippen LogP contribution in [0.2, 0.25) is 5.02 Å². The summed E-state index contributed by atoms with van der Waals surface area (Å²) in [5.74, 6) is -0.194. The molecule has 0 atom stereocenters. The molecule has 0 spiro atoms. The normalized spacial score (nSPS) is 12.2. The highest BCUT2D eigenvalue weighted by molar-refractivity contribution is 6.34. The summed E-state index contributed by atoms with van der Waals surface area (Å²) < 4.78 is 0. The van der Waals surface area contributed by atoms with E-state index in [0.717, 1.165) is 5.56 Å². The molecule has 0 bridgehead atoms. The average Bonchev–Trinajstić information content (AvgIpc) is 2.62. The SMILES string of the molecule is O=C1c2ccccc2-c2cc(Cl)c([N+](=O)[O-])cc21. The summed E-state index contributed by atoms with van der Waals surface area (Å²) >= 11 is 5.86. The molecule has 4 nitrogen and oxygen atoms in total. The van der Waals surface area contributed by atoms with Crippen molar-refractivity contribution in [3.63, 3.8) is 0 Å². The highest BCUT2D eigenvalue weighted by atomic mass is 35.5. The number of halogens is 1. The quantitative estimate of drug-likeness (QED) is 0.497. The Morgan fingerprint density at radius 2 is 1.67 bits per heavy atom. The number of nitro groups is 1. The summed E-state index contributed by atoms with van der Waals surface area (Å²) in [4.78, 5) is 22.3. The van der Waals surface area contributed by atoms with Gasteiger partial charge in [-0.3, -0.25) is 14.9 Å². The van der Waals surface area contributed by atoms with Crippen molar-refractivity contribution in [1.82, 2.24) is 0 Å². The largest absolute Gasteiger partial charge is 0.289 e. The van der Waals surface area contributed by atoms with Crippen LogP contribution in [0.1, 0.15) is 15.9 Å². The van der Waals surface area contributed by atoms with Crippen LogP contribution in [-0.2, 0) is 0 Å². The maximum atomic E-state index is 12.1. The van der Waals surface area contributed by atoms with Crippen molar-refractivity contribution in [2.24, 2.45) is 0 Å². The average molecular weight is 260 g/mol. The second-order valence-electron chi connectivity index (χ2n) is 3.98. The van der Waals surface area contributed by atoms with E-state index in [1.807, 2.05) is 6.07 Å². The second kappa shape index (κ2) is 3.65. The summed E-state index contributed by atoms with van der Waals surface area (Å²) in [6.07, 6.45) is 0. The van der Waals surface area contributed by atoms with Gasteiger partial charge in [-0.15, -0.1) is 0 Å². The van der Waals surface area contributed by atoms with Crippen molar-refractivity contribution in [3.05, 3.63) is 62.7 Å². The Balaban J connectivity index is 2.33. The minimum Gasteiger partial charge on any atom is -0.289 e. The van der Waals surface area contributed by atoms with Crippen molar-refractivity contribution < 1.29 is 9.72 Å². The van der Waals surface area contributed by atoms with Crippen LogP contribution in [0.3, 0.4) is 0 Å². The number of hydrogen-bond donors (Lipinski definition) is 0. The summed E-state index contributed by atoms with van der Waals surface area (Å²) in [5, 5.41) is 10.9. The Morgan fingerprint density at radius 1 is 1.00 bits per heavy atom. The number of hydrogen-bond acceptors (Lipinski definition) is 3. The summed E-state index contributed by atoms with van der Waals surface area (Å²) in [5.41, 5.74) is 2.09. The third-order valence-electron chi connectivity index (χ3n) is 2.99. The maximum absolute atomic E-state index is 12.1. The maximum Gasteiger partial charge on any atom is 0.288 e. The smallest absolute Gasteiger partial charge is 0.288 e. The molecule has 0 fully saturated rings. The third kappa shape index (κ3) is 1.36. The minimum atomic E-state index is -0.584. The molecule has 0 heterocycles. The Labute approximate surface area is 107 Å². The van der Waals surface area contributed by atoms with Crippen LogP contribution < -0.4 is 0 Å². The van der Waals surface area contributed by atoms with Gasteiger partial charge < -0.3 is 0 Å². The highest BCUT2D eigenvalue weighted by Crippen LogP contribution is 2.41. The van der Waals surface area contributed by atoms with Crippen molar-refractivity contribution in [3.8, 4) is 11.1 Å². The Morgan fingerprint density at radius 3 is 2.33 bits per heavy atom. The van der Waals surface area contributed by atoms with Crippen LogP contribution in [0.5, 0.6) is 0 Å². The fraction of sp³-hybridized carbons (Fsp3) is 0. The number of carbonyl (C=O) groups is 1. The van der Waals surface area contributed by atoms with Crippen molar-refractivity contribution >= 4 is 23.1 Å². The van der Waals surface area contributed by atoms with Crippen LogP contribution >= 0.6 is 11.6 Å². The van der Waals surface area contributed by atoms with E-state index in [1.54, 1.807) is 18.2 Å². The van der Waals surface area contributed by atoms with Gasteiger partial charge in [-0.1, -0.05) is 35.9 Å². The molecule has 0 N–H and O–H groups in total. The lowest BCUT2D eigenvalue weighted by Gasteiger charge is -2.01. The van der Waals surface area contributed by atoms with E-state index in [9.17, 15) is 14.9 Å². The minimum absolute atomic E-state index is 0.0447. The highest BCUT2D eigenvalue weighted by Gasteiger charge is 2.29. The summed E-state index contributed by atoms with van der Waals surface area (Å²) in [7, 11) is 0. The number of ketones is 1. The number of carbonyl (C=O) groups excluding carboxylic acids is 1. The molecule has 0 aliphatic heterocycles. The lowest BCUT2D eigenvalue weighted by molar-refractivity contribution is -0.384. The topological polar surface area (TPSA) is 60.2 Å². The molecular weight excluding hydrogens is 254 g/mol. The van der Waals surface area contributed by atoms with Gasteiger partial charge in [0.05, 0.1) is 4.92 Å². The zero-order valence-electron chi connectivity index (χ0n) is 9.01. The van der Waals surface area contributed by atoms with Crippen LogP contribution in [0, 0.1) is 10.1 Å².